The minimum atomic E-state index is -1.16. The van der Waals surface area contributed by atoms with Gasteiger partial charge in [0.1, 0.15) is 11.5 Å². The van der Waals surface area contributed by atoms with Crippen molar-refractivity contribution in [2.24, 2.45) is 0 Å². The molecule has 0 bridgehead atoms. The summed E-state index contributed by atoms with van der Waals surface area (Å²) in [6.45, 7) is 0.318. The summed E-state index contributed by atoms with van der Waals surface area (Å²) in [5.74, 6) is -2.24. The second-order valence-electron chi connectivity index (χ2n) is 4.17. The van der Waals surface area contributed by atoms with Gasteiger partial charge in [0.05, 0.1) is 13.2 Å². The number of aromatic hydroxyl groups is 2. The Morgan fingerprint density at radius 3 is 2.42 bits per heavy atom. The van der Waals surface area contributed by atoms with Crippen LogP contribution in [0.25, 0.3) is 0 Å². The van der Waals surface area contributed by atoms with E-state index < -0.39 is 17.9 Å². The van der Waals surface area contributed by atoms with Gasteiger partial charge < -0.3 is 25.0 Å². The highest BCUT2D eigenvalue weighted by Crippen LogP contribution is 2.22. The number of rotatable bonds is 2. The Kier molecular flexibility index (Phi) is 3.57. The third kappa shape index (κ3) is 2.76. The number of hydrogen-bond donors (Lipinski definition) is 3. The smallest absolute Gasteiger partial charge is 0.328 e. The van der Waals surface area contributed by atoms with Crippen LogP contribution < -0.4 is 0 Å². The van der Waals surface area contributed by atoms with E-state index in [-0.39, 0.29) is 36.8 Å². The summed E-state index contributed by atoms with van der Waals surface area (Å²) in [4.78, 5) is 24.4. The number of benzene rings is 1. The van der Waals surface area contributed by atoms with Crippen LogP contribution in [0.3, 0.4) is 0 Å². The lowest BCUT2D eigenvalue weighted by Crippen LogP contribution is -2.52. The topological polar surface area (TPSA) is 107 Å². The highest BCUT2D eigenvalue weighted by molar-refractivity contribution is 5.97. The Morgan fingerprint density at radius 1 is 1.21 bits per heavy atom. The molecular weight excluding hydrogens is 254 g/mol. The number of hydrogen-bond acceptors (Lipinski definition) is 5. The second-order valence-corrected chi connectivity index (χ2v) is 4.17. The van der Waals surface area contributed by atoms with Crippen LogP contribution in [0.4, 0.5) is 0 Å². The summed E-state index contributed by atoms with van der Waals surface area (Å²) in [6.07, 6.45) is 0. The van der Waals surface area contributed by atoms with Gasteiger partial charge in [0.15, 0.2) is 6.04 Å². The molecule has 19 heavy (non-hydrogen) atoms. The maximum absolute atomic E-state index is 12.2. The van der Waals surface area contributed by atoms with Gasteiger partial charge in [-0.15, -0.1) is 0 Å². The molecule has 0 aliphatic carbocycles. The number of carbonyl (C=O) groups excluding carboxylic acids is 1. The standard InChI is InChI=1S/C12H13NO6/c14-8-3-7(4-9(15)5-8)11(16)13-1-2-19-6-10(13)12(17)18/h3-5,10,14-15H,1-2,6H2,(H,17,18). The average Bonchev–Trinajstić information content (AvgIpc) is 2.36. The summed E-state index contributed by atoms with van der Waals surface area (Å²) in [7, 11) is 0. The summed E-state index contributed by atoms with van der Waals surface area (Å²) in [5.41, 5.74) is 0.0330. The minimum absolute atomic E-state index is 0.0330. The molecule has 1 atom stereocenters. The lowest BCUT2D eigenvalue weighted by Gasteiger charge is -2.32. The highest BCUT2D eigenvalue weighted by atomic mass is 16.5. The Morgan fingerprint density at radius 2 is 1.84 bits per heavy atom. The third-order valence-corrected chi connectivity index (χ3v) is 2.82. The molecule has 1 unspecified atom stereocenters. The Labute approximate surface area is 108 Å². The zero-order chi connectivity index (χ0) is 14.0. The molecule has 102 valence electrons. The van der Waals surface area contributed by atoms with Crippen LogP contribution in [-0.4, -0.2) is 57.9 Å². The van der Waals surface area contributed by atoms with Gasteiger partial charge in [-0.25, -0.2) is 4.79 Å². The quantitative estimate of drug-likeness (QED) is 0.697. The molecule has 1 amide bonds. The molecule has 1 heterocycles. The number of phenols is 2. The first-order valence-corrected chi connectivity index (χ1v) is 5.63. The van der Waals surface area contributed by atoms with Crippen LogP contribution in [0.15, 0.2) is 18.2 Å². The van der Waals surface area contributed by atoms with Crippen LogP contribution in [0.1, 0.15) is 10.4 Å². The average molecular weight is 267 g/mol. The number of ether oxygens (including phenoxy) is 1. The number of carboxylic acids is 1. The number of phenolic OH excluding ortho intramolecular Hbond substituents is 2. The first kappa shape index (κ1) is 13.2. The molecule has 1 fully saturated rings. The van der Waals surface area contributed by atoms with Crippen LogP contribution in [0.2, 0.25) is 0 Å². The summed E-state index contributed by atoms with van der Waals surface area (Å²) in [6, 6.07) is 2.38. The van der Waals surface area contributed by atoms with Crippen molar-refractivity contribution in [3.05, 3.63) is 23.8 Å². The van der Waals surface area contributed by atoms with E-state index in [0.29, 0.717) is 0 Å². The SMILES string of the molecule is O=C(O)C1COCCN1C(=O)c1cc(O)cc(O)c1. The van der Waals surface area contributed by atoms with E-state index in [0.717, 1.165) is 11.0 Å². The van der Waals surface area contributed by atoms with Gasteiger partial charge in [0.2, 0.25) is 0 Å². The summed E-state index contributed by atoms with van der Waals surface area (Å²) < 4.78 is 5.03. The molecule has 1 aromatic carbocycles. The van der Waals surface area contributed by atoms with Crippen LogP contribution in [0, 0.1) is 0 Å². The van der Waals surface area contributed by atoms with Crippen molar-refractivity contribution in [2.75, 3.05) is 19.8 Å². The van der Waals surface area contributed by atoms with E-state index in [4.69, 9.17) is 9.84 Å². The van der Waals surface area contributed by atoms with Gasteiger partial charge in [-0.1, -0.05) is 0 Å². The van der Waals surface area contributed by atoms with E-state index in [1.807, 2.05) is 0 Å². The van der Waals surface area contributed by atoms with Crippen molar-refractivity contribution in [3.8, 4) is 11.5 Å². The van der Waals surface area contributed by atoms with E-state index >= 15 is 0 Å². The molecule has 1 aromatic rings. The first-order valence-electron chi connectivity index (χ1n) is 5.63. The molecule has 0 aromatic heterocycles. The summed E-state index contributed by atoms with van der Waals surface area (Å²) >= 11 is 0. The predicted octanol–water partition coefficient (Wildman–Crippen LogP) is 0.0234. The lowest BCUT2D eigenvalue weighted by atomic mass is 10.1. The lowest BCUT2D eigenvalue weighted by molar-refractivity contribution is -0.147. The van der Waals surface area contributed by atoms with Crippen molar-refractivity contribution in [3.63, 3.8) is 0 Å². The largest absolute Gasteiger partial charge is 0.508 e. The Bertz CT molecular complexity index is 495. The van der Waals surface area contributed by atoms with Crippen molar-refractivity contribution >= 4 is 11.9 Å². The zero-order valence-electron chi connectivity index (χ0n) is 9.94. The molecule has 7 nitrogen and oxygen atoms in total. The van der Waals surface area contributed by atoms with Gasteiger partial charge in [-0.2, -0.15) is 0 Å². The normalized spacial score (nSPS) is 19.2. The van der Waals surface area contributed by atoms with Crippen LogP contribution >= 0.6 is 0 Å². The molecule has 7 heteroatoms. The maximum Gasteiger partial charge on any atom is 0.328 e. The van der Waals surface area contributed by atoms with Crippen molar-refractivity contribution in [1.82, 2.24) is 4.90 Å². The van der Waals surface area contributed by atoms with Crippen LogP contribution in [-0.2, 0) is 9.53 Å². The predicted molar refractivity (Wildman–Crippen MR) is 63.1 cm³/mol. The molecule has 1 saturated heterocycles. The fraction of sp³-hybridized carbons (Fsp3) is 0.333. The third-order valence-electron chi connectivity index (χ3n) is 2.82. The molecule has 0 radical (unpaired) electrons. The molecule has 1 aliphatic rings. The molecular formula is C12H13NO6. The Balaban J connectivity index is 2.28. The molecule has 0 saturated carbocycles. The second kappa shape index (κ2) is 5.15. The Hall–Kier alpha value is -2.28. The van der Waals surface area contributed by atoms with Gasteiger partial charge in [0, 0.05) is 18.2 Å². The van der Waals surface area contributed by atoms with Gasteiger partial charge in [0.25, 0.3) is 5.91 Å². The number of amides is 1. The molecule has 1 aliphatic heterocycles. The van der Waals surface area contributed by atoms with E-state index in [1.165, 1.54) is 12.1 Å². The number of aliphatic carboxylic acids is 1. The van der Waals surface area contributed by atoms with Gasteiger partial charge in [-0.05, 0) is 12.1 Å². The van der Waals surface area contributed by atoms with Crippen molar-refractivity contribution in [2.45, 2.75) is 6.04 Å². The van der Waals surface area contributed by atoms with Crippen molar-refractivity contribution < 1.29 is 29.6 Å². The fourth-order valence-electron chi connectivity index (χ4n) is 1.94. The monoisotopic (exact) mass is 267 g/mol. The number of carbonyl (C=O) groups is 2. The zero-order valence-corrected chi connectivity index (χ0v) is 9.94. The molecule has 0 spiro atoms. The van der Waals surface area contributed by atoms with E-state index in [1.54, 1.807) is 0 Å². The first-order chi connectivity index (χ1) is 8.99. The highest BCUT2D eigenvalue weighted by Gasteiger charge is 2.33. The van der Waals surface area contributed by atoms with E-state index in [9.17, 15) is 19.8 Å². The summed E-state index contributed by atoms with van der Waals surface area (Å²) in [5, 5.41) is 27.7. The van der Waals surface area contributed by atoms with Crippen LogP contribution in [0.5, 0.6) is 11.5 Å². The number of nitrogens with zero attached hydrogens (tertiary/aromatic N) is 1. The minimum Gasteiger partial charge on any atom is -0.508 e. The van der Waals surface area contributed by atoms with Gasteiger partial charge >= 0.3 is 5.97 Å². The van der Waals surface area contributed by atoms with Crippen molar-refractivity contribution in [1.29, 1.82) is 0 Å². The fourth-order valence-corrected chi connectivity index (χ4v) is 1.94. The number of carboxylic acid groups (broad SMARTS) is 1. The molecule has 2 rings (SSSR count). The van der Waals surface area contributed by atoms with E-state index in [2.05, 4.69) is 0 Å². The maximum atomic E-state index is 12.2. The number of morpholine rings is 1. The molecule has 3 N–H and O–H groups in total. The van der Waals surface area contributed by atoms with Gasteiger partial charge in [-0.3, -0.25) is 4.79 Å².